The zero-order valence-electron chi connectivity index (χ0n) is 8.93. The first-order chi connectivity index (χ1) is 8.25. The third-order valence-corrected chi connectivity index (χ3v) is 4.09. The van der Waals surface area contributed by atoms with E-state index in [1.165, 1.54) is 4.88 Å². The van der Waals surface area contributed by atoms with Gasteiger partial charge in [0.05, 0.1) is 5.52 Å². The number of fused-ring (bicyclic) bond motifs is 1. The molecule has 2 N–H and O–H groups in total. The van der Waals surface area contributed by atoms with Crippen LogP contribution in [0.25, 0.3) is 5.52 Å². The first-order valence-electron chi connectivity index (χ1n) is 5.19. The molecule has 0 saturated heterocycles. The lowest BCUT2D eigenvalue weighted by Gasteiger charge is -2.03. The van der Waals surface area contributed by atoms with Crippen LogP contribution in [-0.2, 0) is 6.42 Å². The lowest BCUT2D eigenvalue weighted by molar-refractivity contribution is 0.979. The summed E-state index contributed by atoms with van der Waals surface area (Å²) in [6.45, 7) is 0. The summed E-state index contributed by atoms with van der Waals surface area (Å²) in [7, 11) is 0. The molecule has 0 aliphatic carbocycles. The molecule has 3 aromatic heterocycles. The molecule has 0 spiro atoms. The van der Waals surface area contributed by atoms with Crippen molar-refractivity contribution >= 4 is 38.6 Å². The van der Waals surface area contributed by atoms with Crippen molar-refractivity contribution in [3.05, 3.63) is 51.0 Å². The number of nitrogens with two attached hydrogens (primary N) is 1. The molecule has 0 fully saturated rings. The minimum atomic E-state index is 0.715. The maximum atomic E-state index is 6.00. The summed E-state index contributed by atoms with van der Waals surface area (Å²) < 4.78 is 2.83. The van der Waals surface area contributed by atoms with E-state index < -0.39 is 0 Å². The van der Waals surface area contributed by atoms with E-state index in [-0.39, 0.29) is 0 Å². The van der Waals surface area contributed by atoms with Gasteiger partial charge in [0, 0.05) is 11.3 Å². The fourth-order valence-corrected chi connectivity index (χ4v) is 3.10. The molecule has 0 aliphatic rings. The summed E-state index contributed by atoms with van der Waals surface area (Å²) >= 11 is 5.20. The molecule has 3 nitrogen and oxygen atoms in total. The Morgan fingerprint density at radius 2 is 2.18 bits per heavy atom. The van der Waals surface area contributed by atoms with E-state index >= 15 is 0 Å². The van der Waals surface area contributed by atoms with Crippen molar-refractivity contribution in [2.75, 3.05) is 5.73 Å². The van der Waals surface area contributed by atoms with Crippen LogP contribution in [0.2, 0.25) is 0 Å². The summed E-state index contributed by atoms with van der Waals surface area (Å²) in [5.74, 6) is 1.68. The van der Waals surface area contributed by atoms with Crippen LogP contribution in [0, 0.1) is 0 Å². The van der Waals surface area contributed by atoms with Crippen LogP contribution in [-0.4, -0.2) is 9.38 Å². The number of rotatable bonds is 2. The number of hydrogen-bond donors (Lipinski definition) is 1. The van der Waals surface area contributed by atoms with Gasteiger partial charge in [-0.3, -0.25) is 4.40 Å². The van der Waals surface area contributed by atoms with E-state index in [9.17, 15) is 0 Å². The predicted molar refractivity (Wildman–Crippen MR) is 74.4 cm³/mol. The van der Waals surface area contributed by atoms with Crippen LogP contribution in [0.5, 0.6) is 0 Å². The van der Waals surface area contributed by atoms with Crippen LogP contribution in [0.15, 0.2) is 40.3 Å². The first-order valence-corrected chi connectivity index (χ1v) is 6.86. The highest BCUT2D eigenvalue weighted by Crippen LogP contribution is 2.24. The smallest absolute Gasteiger partial charge is 0.132 e. The van der Waals surface area contributed by atoms with Crippen molar-refractivity contribution in [2.45, 2.75) is 6.42 Å². The number of halogens is 1. The number of aromatic nitrogens is 2. The molecule has 5 heteroatoms. The molecule has 3 rings (SSSR count). The van der Waals surface area contributed by atoms with Gasteiger partial charge in [-0.05, 0) is 39.5 Å². The Hall–Kier alpha value is -1.33. The Morgan fingerprint density at radius 3 is 2.94 bits per heavy atom. The van der Waals surface area contributed by atoms with Crippen molar-refractivity contribution in [3.8, 4) is 0 Å². The number of thiophene rings is 1. The second kappa shape index (κ2) is 4.16. The highest BCUT2D eigenvalue weighted by Gasteiger charge is 2.11. The second-order valence-corrected chi connectivity index (χ2v) is 5.53. The van der Waals surface area contributed by atoms with Gasteiger partial charge in [0.2, 0.25) is 0 Å². The van der Waals surface area contributed by atoms with Crippen molar-refractivity contribution in [2.24, 2.45) is 0 Å². The van der Waals surface area contributed by atoms with Gasteiger partial charge in [0.1, 0.15) is 16.2 Å². The fourth-order valence-electron chi connectivity index (χ4n) is 1.88. The zero-order chi connectivity index (χ0) is 11.8. The SMILES string of the molecule is Nc1cccc2c(Br)nc(Cc3cccs3)n12. The average Bonchev–Trinajstić information content (AvgIpc) is 2.90. The van der Waals surface area contributed by atoms with Crippen LogP contribution >= 0.6 is 27.3 Å². The predicted octanol–water partition coefficient (Wildman–Crippen LogP) is 3.33. The summed E-state index contributed by atoms with van der Waals surface area (Å²) in [5, 5.41) is 2.07. The Balaban J connectivity index is 2.16. The Labute approximate surface area is 111 Å². The second-order valence-electron chi connectivity index (χ2n) is 3.75. The molecular formula is C12H10BrN3S. The number of hydrogen-bond acceptors (Lipinski definition) is 3. The number of anilines is 1. The third kappa shape index (κ3) is 1.85. The fraction of sp³-hybridized carbons (Fsp3) is 0.0833. The molecule has 3 aromatic rings. The monoisotopic (exact) mass is 307 g/mol. The Morgan fingerprint density at radius 1 is 1.29 bits per heavy atom. The molecule has 0 saturated carbocycles. The van der Waals surface area contributed by atoms with E-state index in [2.05, 4.69) is 32.4 Å². The molecule has 0 bridgehead atoms. The number of nitrogen functional groups attached to an aromatic ring is 1. The largest absolute Gasteiger partial charge is 0.385 e. The Bertz CT molecular complexity index is 658. The van der Waals surface area contributed by atoms with Gasteiger partial charge < -0.3 is 5.73 Å². The van der Waals surface area contributed by atoms with Crippen molar-refractivity contribution in [1.82, 2.24) is 9.38 Å². The lowest BCUT2D eigenvalue weighted by atomic mass is 10.3. The first kappa shape index (κ1) is 10.8. The molecule has 3 heterocycles. The van der Waals surface area contributed by atoms with Crippen LogP contribution in [0.1, 0.15) is 10.7 Å². The van der Waals surface area contributed by atoms with Crippen molar-refractivity contribution in [3.63, 3.8) is 0 Å². The summed E-state index contributed by atoms with van der Waals surface area (Å²) in [6, 6.07) is 9.99. The van der Waals surface area contributed by atoms with Crippen molar-refractivity contribution < 1.29 is 0 Å². The number of nitrogens with zero attached hydrogens (tertiary/aromatic N) is 2. The highest BCUT2D eigenvalue weighted by atomic mass is 79.9. The lowest BCUT2D eigenvalue weighted by Crippen LogP contribution is -2.01. The minimum Gasteiger partial charge on any atom is -0.385 e. The normalized spacial score (nSPS) is 11.1. The summed E-state index contributed by atoms with van der Waals surface area (Å²) in [6.07, 6.45) is 0.804. The number of imidazole rings is 1. The molecule has 0 aromatic carbocycles. The Kier molecular flexibility index (Phi) is 2.64. The molecule has 0 aliphatic heterocycles. The molecular weight excluding hydrogens is 298 g/mol. The van der Waals surface area contributed by atoms with E-state index in [1.807, 2.05) is 28.7 Å². The molecule has 0 amide bonds. The van der Waals surface area contributed by atoms with Crippen molar-refractivity contribution in [1.29, 1.82) is 0 Å². The van der Waals surface area contributed by atoms with E-state index in [4.69, 9.17) is 5.73 Å². The van der Waals surface area contributed by atoms with Gasteiger partial charge in [-0.2, -0.15) is 0 Å². The van der Waals surface area contributed by atoms with Crippen LogP contribution in [0.3, 0.4) is 0 Å². The zero-order valence-corrected chi connectivity index (χ0v) is 11.3. The maximum Gasteiger partial charge on any atom is 0.132 e. The quantitative estimate of drug-likeness (QED) is 0.789. The van der Waals surface area contributed by atoms with Gasteiger partial charge in [0.15, 0.2) is 0 Å². The van der Waals surface area contributed by atoms with Gasteiger partial charge >= 0.3 is 0 Å². The van der Waals surface area contributed by atoms with Gasteiger partial charge in [-0.25, -0.2) is 4.98 Å². The topological polar surface area (TPSA) is 43.3 Å². The van der Waals surface area contributed by atoms with E-state index in [0.29, 0.717) is 5.82 Å². The molecule has 86 valence electrons. The van der Waals surface area contributed by atoms with E-state index in [1.54, 1.807) is 11.3 Å². The summed E-state index contributed by atoms with van der Waals surface area (Å²) in [5.41, 5.74) is 7.02. The molecule has 0 unspecified atom stereocenters. The van der Waals surface area contributed by atoms with Crippen LogP contribution in [0.4, 0.5) is 5.82 Å². The summed E-state index contributed by atoms with van der Waals surface area (Å²) in [4.78, 5) is 5.82. The molecule has 0 radical (unpaired) electrons. The standard InChI is InChI=1S/C12H10BrN3S/c13-12-9-4-1-5-10(14)16(9)11(15-12)7-8-3-2-6-17-8/h1-6H,7,14H2. The number of pyridine rings is 1. The van der Waals surface area contributed by atoms with E-state index in [0.717, 1.165) is 22.4 Å². The molecule has 17 heavy (non-hydrogen) atoms. The minimum absolute atomic E-state index is 0.715. The van der Waals surface area contributed by atoms with Gasteiger partial charge in [-0.1, -0.05) is 12.1 Å². The average molecular weight is 308 g/mol. The molecule has 0 atom stereocenters. The van der Waals surface area contributed by atoms with Gasteiger partial charge in [-0.15, -0.1) is 11.3 Å². The third-order valence-electron chi connectivity index (χ3n) is 2.63. The maximum absolute atomic E-state index is 6.00. The highest BCUT2D eigenvalue weighted by molar-refractivity contribution is 9.10. The van der Waals surface area contributed by atoms with Crippen LogP contribution < -0.4 is 5.73 Å². The van der Waals surface area contributed by atoms with Gasteiger partial charge in [0.25, 0.3) is 0 Å².